The van der Waals surface area contributed by atoms with Crippen LogP contribution in [0.1, 0.15) is 41.4 Å². The molecular weight excluding hydrogens is 967 g/mol. The van der Waals surface area contributed by atoms with E-state index in [1.807, 2.05) is 121 Å². The quantitative estimate of drug-likeness (QED) is 0.109. The molecule has 0 aliphatic carbocycles. The second-order valence-corrected chi connectivity index (χ2v) is 22.0. The maximum absolute atomic E-state index is 15.6. The van der Waals surface area contributed by atoms with Crippen molar-refractivity contribution in [3.05, 3.63) is 241 Å². The van der Waals surface area contributed by atoms with Crippen molar-refractivity contribution >= 4 is 130 Å². The molecule has 0 amide bonds. The van der Waals surface area contributed by atoms with E-state index in [0.29, 0.717) is 43.1 Å². The molecular formula is C60H36O8Sn. The Morgan fingerprint density at radius 2 is 0.377 bits per heavy atom. The van der Waals surface area contributed by atoms with Crippen LogP contribution in [0.15, 0.2) is 218 Å². The van der Waals surface area contributed by atoms with Crippen molar-refractivity contribution in [3.8, 4) is 0 Å². The fraction of sp³-hybridized carbons (Fsp3) is 0. The zero-order chi connectivity index (χ0) is 46.6. The minimum absolute atomic E-state index is 0.106. The summed E-state index contributed by atoms with van der Waals surface area (Å²) in [5, 5.41) is 9.94. The van der Waals surface area contributed by atoms with Crippen LogP contribution in [0.4, 0.5) is 0 Å². The molecule has 12 aromatic carbocycles. The summed E-state index contributed by atoms with van der Waals surface area (Å²) in [5.41, 5.74) is 0.425. The van der Waals surface area contributed by atoms with Crippen molar-refractivity contribution in [3.63, 3.8) is 0 Å². The van der Waals surface area contributed by atoms with E-state index in [9.17, 15) is 0 Å². The van der Waals surface area contributed by atoms with Crippen molar-refractivity contribution in [2.75, 3.05) is 0 Å². The first-order valence-electron chi connectivity index (χ1n) is 22.4. The monoisotopic (exact) mass is 1000 g/mol. The first kappa shape index (κ1) is 41.8. The van der Waals surface area contributed by atoms with Gasteiger partial charge < -0.3 is 0 Å². The van der Waals surface area contributed by atoms with E-state index in [2.05, 4.69) is 0 Å². The SMILES string of the molecule is O=C([O][Sn]([O]C(=O)c1c2ccccc2cc2ccccc12)([O]C(=O)c1c2ccccc2cc2ccccc12)[O]C(=O)c1c2ccccc2cc2ccccc12)c1c2ccccc2cc2ccccc12. The van der Waals surface area contributed by atoms with Crippen LogP contribution in [-0.4, -0.2) is 43.9 Å². The van der Waals surface area contributed by atoms with Gasteiger partial charge in [-0.05, 0) is 0 Å². The molecule has 0 radical (unpaired) electrons. The fourth-order valence-corrected chi connectivity index (χ4v) is 14.2. The molecule has 0 aliphatic rings. The molecule has 0 bridgehead atoms. The van der Waals surface area contributed by atoms with Gasteiger partial charge in [-0.15, -0.1) is 0 Å². The van der Waals surface area contributed by atoms with E-state index in [1.54, 1.807) is 97.1 Å². The number of fused-ring (bicyclic) bond motifs is 8. The molecule has 0 saturated carbocycles. The standard InChI is InChI=1S/4C15H10O2.Sn/c4*16-15(17)14-12-7-3-1-5-10(12)9-11-6-2-4-8-13(11)14;/h4*1-9H,(H,16,17);/q;;;;+4/p-4. The van der Waals surface area contributed by atoms with Crippen molar-refractivity contribution in [2.45, 2.75) is 0 Å². The van der Waals surface area contributed by atoms with Crippen LogP contribution in [0.25, 0.3) is 86.2 Å². The number of rotatable bonds is 8. The molecule has 0 fully saturated rings. The van der Waals surface area contributed by atoms with Crippen LogP contribution in [0.5, 0.6) is 0 Å². The molecule has 0 N–H and O–H groups in total. The maximum atomic E-state index is 15.6. The van der Waals surface area contributed by atoms with Crippen LogP contribution in [0.3, 0.4) is 0 Å². The molecule has 0 atom stereocenters. The van der Waals surface area contributed by atoms with Crippen LogP contribution in [-0.2, 0) is 12.3 Å². The van der Waals surface area contributed by atoms with Crippen LogP contribution in [0.2, 0.25) is 0 Å². The van der Waals surface area contributed by atoms with Gasteiger partial charge >= 0.3 is 402 Å². The second kappa shape index (κ2) is 16.9. The Kier molecular flexibility index (Phi) is 10.3. The van der Waals surface area contributed by atoms with E-state index >= 15 is 19.2 Å². The van der Waals surface area contributed by atoms with Gasteiger partial charge in [0.15, 0.2) is 0 Å². The predicted molar refractivity (Wildman–Crippen MR) is 273 cm³/mol. The summed E-state index contributed by atoms with van der Waals surface area (Å²) < 4.78 is 26.5. The van der Waals surface area contributed by atoms with Gasteiger partial charge in [-0.1, -0.05) is 0 Å². The molecule has 0 unspecified atom stereocenters. The van der Waals surface area contributed by atoms with Crippen molar-refractivity contribution < 1.29 is 31.5 Å². The fourth-order valence-electron chi connectivity index (χ4n) is 9.72. The van der Waals surface area contributed by atoms with Gasteiger partial charge in [-0.25, -0.2) is 0 Å². The molecule has 0 saturated heterocycles. The molecule has 12 aromatic rings. The molecule has 328 valence electrons. The molecule has 8 nitrogen and oxygen atoms in total. The average molecular weight is 1000 g/mol. The summed E-state index contributed by atoms with van der Waals surface area (Å²) >= 11 is -7.08. The van der Waals surface area contributed by atoms with Gasteiger partial charge in [0.1, 0.15) is 0 Å². The number of hydrogen-bond acceptors (Lipinski definition) is 8. The first-order chi connectivity index (χ1) is 33.8. The molecule has 0 spiro atoms. The number of carbonyl (C=O) groups is 4. The van der Waals surface area contributed by atoms with E-state index in [-0.39, 0.29) is 22.3 Å². The third-order valence-electron chi connectivity index (χ3n) is 12.8. The second-order valence-electron chi connectivity index (χ2n) is 16.8. The van der Waals surface area contributed by atoms with Gasteiger partial charge in [0, 0.05) is 0 Å². The van der Waals surface area contributed by atoms with Gasteiger partial charge in [0.2, 0.25) is 0 Å². The Bertz CT molecular complexity index is 3390. The minimum atomic E-state index is -7.08. The zero-order valence-electron chi connectivity index (χ0n) is 36.6. The Hall–Kier alpha value is -8.60. The van der Waals surface area contributed by atoms with Gasteiger partial charge in [-0.2, -0.15) is 0 Å². The summed E-state index contributed by atoms with van der Waals surface area (Å²) in [4.78, 5) is 62.3. The average Bonchev–Trinajstić information content (AvgIpc) is 3.37. The van der Waals surface area contributed by atoms with Crippen LogP contribution < -0.4 is 0 Å². The first-order valence-corrected chi connectivity index (χ1v) is 27.0. The van der Waals surface area contributed by atoms with E-state index in [1.165, 1.54) is 0 Å². The topological polar surface area (TPSA) is 105 Å². The number of benzene rings is 12. The zero-order valence-corrected chi connectivity index (χ0v) is 39.4. The van der Waals surface area contributed by atoms with Gasteiger partial charge in [-0.3, -0.25) is 0 Å². The van der Waals surface area contributed by atoms with E-state index in [4.69, 9.17) is 12.3 Å². The summed E-state index contributed by atoms with van der Waals surface area (Å²) in [5.74, 6) is -4.05. The van der Waals surface area contributed by atoms with Crippen LogP contribution >= 0.6 is 0 Å². The van der Waals surface area contributed by atoms with E-state index < -0.39 is 43.9 Å². The molecule has 0 heterocycles. The van der Waals surface area contributed by atoms with Gasteiger partial charge in [0.25, 0.3) is 0 Å². The Balaban J connectivity index is 1.12. The van der Waals surface area contributed by atoms with E-state index in [0.717, 1.165) is 43.1 Å². The van der Waals surface area contributed by atoms with Crippen molar-refractivity contribution in [1.29, 1.82) is 0 Å². The van der Waals surface area contributed by atoms with Crippen molar-refractivity contribution in [1.82, 2.24) is 0 Å². The third kappa shape index (κ3) is 7.33. The summed E-state index contributed by atoms with van der Waals surface area (Å²) in [6, 6.07) is 66.4. The van der Waals surface area contributed by atoms with Crippen molar-refractivity contribution in [2.24, 2.45) is 0 Å². The summed E-state index contributed by atoms with van der Waals surface area (Å²) in [6.07, 6.45) is 0. The predicted octanol–water partition coefficient (Wildman–Crippen LogP) is 14.1. The third-order valence-corrected chi connectivity index (χ3v) is 17.7. The molecule has 69 heavy (non-hydrogen) atoms. The Morgan fingerprint density at radius 3 is 0.536 bits per heavy atom. The Labute approximate surface area is 399 Å². The molecule has 0 aliphatic heterocycles. The van der Waals surface area contributed by atoms with Gasteiger partial charge in [0.05, 0.1) is 0 Å². The molecule has 0 aromatic heterocycles. The number of carbonyl (C=O) groups excluding carboxylic acids is 4. The normalized spacial score (nSPS) is 11.7. The summed E-state index contributed by atoms with van der Waals surface area (Å²) in [6.45, 7) is 0. The number of hydrogen-bond donors (Lipinski definition) is 0. The molecule has 9 heteroatoms. The van der Waals surface area contributed by atoms with Crippen LogP contribution in [0, 0.1) is 0 Å². The Morgan fingerprint density at radius 1 is 0.232 bits per heavy atom. The summed E-state index contributed by atoms with van der Waals surface area (Å²) in [7, 11) is 0. The molecule has 12 rings (SSSR count).